The first-order valence-electron chi connectivity index (χ1n) is 8.35. The van der Waals surface area contributed by atoms with Gasteiger partial charge in [0.05, 0.1) is 0 Å². The van der Waals surface area contributed by atoms with E-state index in [0.717, 1.165) is 5.56 Å². The molecule has 6 nitrogen and oxygen atoms in total. The number of anilines is 2. The van der Waals surface area contributed by atoms with E-state index in [0.29, 0.717) is 28.7 Å². The van der Waals surface area contributed by atoms with Crippen LogP contribution in [0, 0.1) is 0 Å². The quantitative estimate of drug-likeness (QED) is 0.533. The molecule has 0 saturated carbocycles. The van der Waals surface area contributed by atoms with Gasteiger partial charge in [-0.2, -0.15) is 0 Å². The van der Waals surface area contributed by atoms with Crippen LogP contribution >= 0.6 is 0 Å². The van der Waals surface area contributed by atoms with E-state index in [2.05, 4.69) is 15.3 Å². The molecule has 0 unspecified atom stereocenters. The van der Waals surface area contributed by atoms with Gasteiger partial charge in [0, 0.05) is 23.0 Å². The number of nitrogens with one attached hydrogen (secondary N) is 1. The number of carbonyl (C=O) groups is 1. The molecule has 0 aliphatic heterocycles. The molecule has 0 spiro atoms. The maximum atomic E-state index is 12.8. The number of carbonyl (C=O) groups excluding carboxylic acids is 1. The van der Waals surface area contributed by atoms with Gasteiger partial charge < -0.3 is 15.5 Å². The molecule has 2 heterocycles. The number of amides is 1. The van der Waals surface area contributed by atoms with E-state index in [1.54, 1.807) is 48.7 Å². The Bertz CT molecular complexity index is 1060. The van der Waals surface area contributed by atoms with Gasteiger partial charge in [-0.25, -0.2) is 9.97 Å². The van der Waals surface area contributed by atoms with Gasteiger partial charge in [-0.3, -0.25) is 4.79 Å². The predicted molar refractivity (Wildman–Crippen MR) is 104 cm³/mol. The average Bonchev–Trinajstić information content (AvgIpc) is 3.16. The van der Waals surface area contributed by atoms with Gasteiger partial charge in [-0.1, -0.05) is 24.3 Å². The molecule has 0 bridgehead atoms. The average molecular weight is 356 g/mol. The van der Waals surface area contributed by atoms with E-state index in [9.17, 15) is 4.79 Å². The highest BCUT2D eigenvalue weighted by atomic mass is 16.4. The van der Waals surface area contributed by atoms with E-state index < -0.39 is 5.91 Å². The first-order valence-corrected chi connectivity index (χ1v) is 8.35. The van der Waals surface area contributed by atoms with Crippen molar-refractivity contribution in [2.45, 2.75) is 0 Å². The lowest BCUT2D eigenvalue weighted by molar-refractivity contribution is 0.102. The second-order valence-electron chi connectivity index (χ2n) is 5.85. The smallest absolute Gasteiger partial charge is 0.279 e. The SMILES string of the molecule is Nc1ccc(-c2oc(-c3ccccc3)nc2C(=O)Nc2ccccn2)cc1. The predicted octanol–water partition coefficient (Wildman–Crippen LogP) is 4.24. The van der Waals surface area contributed by atoms with E-state index in [1.807, 2.05) is 30.3 Å². The maximum absolute atomic E-state index is 12.8. The molecule has 0 aliphatic rings. The molecule has 2 aromatic heterocycles. The zero-order valence-electron chi connectivity index (χ0n) is 14.3. The Balaban J connectivity index is 1.77. The Kier molecular flexibility index (Phi) is 4.37. The number of hydrogen-bond donors (Lipinski definition) is 2. The lowest BCUT2D eigenvalue weighted by atomic mass is 10.1. The van der Waals surface area contributed by atoms with Crippen molar-refractivity contribution in [1.29, 1.82) is 0 Å². The van der Waals surface area contributed by atoms with Gasteiger partial charge in [0.15, 0.2) is 11.5 Å². The first-order chi connectivity index (χ1) is 13.2. The number of pyridine rings is 1. The molecule has 2 aromatic carbocycles. The van der Waals surface area contributed by atoms with Gasteiger partial charge in [0.2, 0.25) is 5.89 Å². The van der Waals surface area contributed by atoms with Crippen LogP contribution in [-0.4, -0.2) is 15.9 Å². The third-order valence-corrected chi connectivity index (χ3v) is 3.94. The number of hydrogen-bond acceptors (Lipinski definition) is 5. The summed E-state index contributed by atoms with van der Waals surface area (Å²) in [6.45, 7) is 0. The van der Waals surface area contributed by atoms with Crippen LogP contribution < -0.4 is 11.1 Å². The zero-order valence-corrected chi connectivity index (χ0v) is 14.3. The highest BCUT2D eigenvalue weighted by Crippen LogP contribution is 2.30. The second kappa shape index (κ2) is 7.13. The Hall–Kier alpha value is -3.93. The first kappa shape index (κ1) is 16.5. The Morgan fingerprint density at radius 1 is 0.889 bits per heavy atom. The molecule has 0 saturated heterocycles. The molecule has 3 N–H and O–H groups in total. The second-order valence-corrected chi connectivity index (χ2v) is 5.85. The van der Waals surface area contributed by atoms with Gasteiger partial charge in [0.1, 0.15) is 5.82 Å². The summed E-state index contributed by atoms with van der Waals surface area (Å²) in [6.07, 6.45) is 1.61. The Morgan fingerprint density at radius 3 is 2.33 bits per heavy atom. The molecular formula is C21H16N4O2. The molecule has 6 heteroatoms. The lowest BCUT2D eigenvalue weighted by Crippen LogP contribution is -2.14. The van der Waals surface area contributed by atoms with E-state index in [1.165, 1.54) is 0 Å². The molecule has 0 fully saturated rings. The summed E-state index contributed by atoms with van der Waals surface area (Å²) < 4.78 is 5.95. The summed E-state index contributed by atoms with van der Waals surface area (Å²) >= 11 is 0. The van der Waals surface area contributed by atoms with Crippen molar-refractivity contribution in [3.8, 4) is 22.8 Å². The molecule has 0 aliphatic carbocycles. The summed E-state index contributed by atoms with van der Waals surface area (Å²) in [5.41, 5.74) is 8.07. The largest absolute Gasteiger partial charge is 0.435 e. The number of aromatic nitrogens is 2. The lowest BCUT2D eigenvalue weighted by Gasteiger charge is -2.03. The van der Waals surface area contributed by atoms with E-state index in [4.69, 9.17) is 10.2 Å². The minimum absolute atomic E-state index is 0.185. The summed E-state index contributed by atoms with van der Waals surface area (Å²) in [5.74, 6) is 0.789. The fraction of sp³-hybridized carbons (Fsp3) is 0. The number of nitrogen functional groups attached to an aromatic ring is 1. The number of benzene rings is 2. The summed E-state index contributed by atoms with van der Waals surface area (Å²) in [4.78, 5) is 21.4. The van der Waals surface area contributed by atoms with Crippen LogP contribution in [0.3, 0.4) is 0 Å². The van der Waals surface area contributed by atoms with Crippen molar-refractivity contribution in [3.63, 3.8) is 0 Å². The van der Waals surface area contributed by atoms with Gasteiger partial charge in [-0.15, -0.1) is 0 Å². The van der Waals surface area contributed by atoms with Crippen LogP contribution in [0.25, 0.3) is 22.8 Å². The van der Waals surface area contributed by atoms with Crippen molar-refractivity contribution in [2.24, 2.45) is 0 Å². The third-order valence-electron chi connectivity index (χ3n) is 3.94. The van der Waals surface area contributed by atoms with Crippen molar-refractivity contribution in [1.82, 2.24) is 9.97 Å². The summed E-state index contributed by atoms with van der Waals surface area (Å²) in [7, 11) is 0. The number of rotatable bonds is 4. The van der Waals surface area contributed by atoms with Crippen molar-refractivity contribution >= 4 is 17.4 Å². The molecule has 4 aromatic rings. The highest BCUT2D eigenvalue weighted by molar-refractivity contribution is 6.06. The zero-order chi connectivity index (χ0) is 18.6. The Labute approximate surface area is 155 Å². The van der Waals surface area contributed by atoms with Crippen molar-refractivity contribution in [2.75, 3.05) is 11.1 Å². The minimum Gasteiger partial charge on any atom is -0.435 e. The summed E-state index contributed by atoms with van der Waals surface area (Å²) in [5, 5.41) is 2.75. The van der Waals surface area contributed by atoms with Crippen molar-refractivity contribution in [3.05, 3.63) is 84.7 Å². The molecule has 132 valence electrons. The van der Waals surface area contributed by atoms with Crippen LogP contribution in [0.1, 0.15) is 10.5 Å². The van der Waals surface area contributed by atoms with Crippen LogP contribution in [0.5, 0.6) is 0 Å². The van der Waals surface area contributed by atoms with Crippen LogP contribution in [-0.2, 0) is 0 Å². The van der Waals surface area contributed by atoms with Gasteiger partial charge in [-0.05, 0) is 48.5 Å². The van der Waals surface area contributed by atoms with Crippen LogP contribution in [0.2, 0.25) is 0 Å². The molecule has 0 atom stereocenters. The molecular weight excluding hydrogens is 340 g/mol. The third kappa shape index (κ3) is 3.55. The van der Waals surface area contributed by atoms with E-state index in [-0.39, 0.29) is 5.69 Å². The molecule has 4 rings (SSSR count). The number of nitrogens with zero attached hydrogens (tertiary/aromatic N) is 2. The number of oxazole rings is 1. The van der Waals surface area contributed by atoms with Gasteiger partial charge >= 0.3 is 0 Å². The Morgan fingerprint density at radius 2 is 1.63 bits per heavy atom. The van der Waals surface area contributed by atoms with Crippen LogP contribution in [0.4, 0.5) is 11.5 Å². The monoisotopic (exact) mass is 356 g/mol. The van der Waals surface area contributed by atoms with Crippen molar-refractivity contribution < 1.29 is 9.21 Å². The summed E-state index contributed by atoms with van der Waals surface area (Å²) in [6, 6.07) is 21.8. The van der Waals surface area contributed by atoms with Gasteiger partial charge in [0.25, 0.3) is 5.91 Å². The normalized spacial score (nSPS) is 10.5. The highest BCUT2D eigenvalue weighted by Gasteiger charge is 2.22. The fourth-order valence-electron chi connectivity index (χ4n) is 2.62. The maximum Gasteiger partial charge on any atom is 0.279 e. The standard InChI is InChI=1S/C21H16N4O2/c22-16-11-9-14(10-12-16)19-18(20(26)24-17-8-4-5-13-23-17)25-21(27-19)15-6-2-1-3-7-15/h1-13H,22H2,(H,23,24,26). The molecule has 1 amide bonds. The topological polar surface area (TPSA) is 94.0 Å². The fourth-order valence-corrected chi connectivity index (χ4v) is 2.62. The number of nitrogens with two attached hydrogens (primary N) is 1. The molecule has 0 radical (unpaired) electrons. The minimum atomic E-state index is -0.397. The van der Waals surface area contributed by atoms with E-state index >= 15 is 0 Å². The molecule has 27 heavy (non-hydrogen) atoms. The van der Waals surface area contributed by atoms with Crippen LogP contribution in [0.15, 0.2) is 83.4 Å².